The molecule has 1 rings (SSSR count). The predicted molar refractivity (Wildman–Crippen MR) is 74.2 cm³/mol. The molecule has 7 heteroatoms. The molecule has 0 atom stereocenters. The van der Waals surface area contributed by atoms with Crippen LogP contribution in [0.25, 0.3) is 0 Å². The second kappa shape index (κ2) is 6.03. The second-order valence-electron chi connectivity index (χ2n) is 5.26. The van der Waals surface area contributed by atoms with E-state index in [4.69, 9.17) is 5.26 Å². The maximum absolute atomic E-state index is 11.9. The maximum atomic E-state index is 11.9. The van der Waals surface area contributed by atoms with Crippen LogP contribution < -0.4 is 10.0 Å². The zero-order valence-corrected chi connectivity index (χ0v) is 12.4. The fourth-order valence-corrected chi connectivity index (χ4v) is 2.40. The van der Waals surface area contributed by atoms with Crippen molar-refractivity contribution in [3.63, 3.8) is 0 Å². The largest absolute Gasteiger partial charge is 0.350 e. The minimum atomic E-state index is -3.76. The molecule has 6 nitrogen and oxygen atoms in total. The highest BCUT2D eigenvalue weighted by Crippen LogP contribution is 2.09. The molecule has 1 amide bonds. The molecular weight excluding hydrogens is 278 g/mol. The van der Waals surface area contributed by atoms with Gasteiger partial charge in [-0.15, -0.1) is 0 Å². The first kappa shape index (κ1) is 16.1. The molecule has 0 aliphatic heterocycles. The van der Waals surface area contributed by atoms with Crippen molar-refractivity contribution in [3.05, 3.63) is 29.8 Å². The normalized spacial score (nSPS) is 11.7. The van der Waals surface area contributed by atoms with Gasteiger partial charge in [0, 0.05) is 5.54 Å². The third kappa shape index (κ3) is 4.99. The number of rotatable bonds is 4. The van der Waals surface area contributed by atoms with Crippen LogP contribution in [-0.4, -0.2) is 26.4 Å². The zero-order chi connectivity index (χ0) is 15.4. The van der Waals surface area contributed by atoms with Crippen molar-refractivity contribution in [2.75, 3.05) is 6.54 Å². The molecule has 0 aliphatic carbocycles. The summed E-state index contributed by atoms with van der Waals surface area (Å²) in [5.74, 6) is -0.408. The van der Waals surface area contributed by atoms with Crippen molar-refractivity contribution in [3.8, 4) is 6.07 Å². The number of nitrogens with one attached hydrogen (secondary N) is 2. The van der Waals surface area contributed by atoms with Crippen molar-refractivity contribution < 1.29 is 13.2 Å². The minimum Gasteiger partial charge on any atom is -0.350 e. The Labute approximate surface area is 118 Å². The fraction of sp³-hybridized carbons (Fsp3) is 0.385. The monoisotopic (exact) mass is 295 g/mol. The Bertz CT molecular complexity index is 622. The van der Waals surface area contributed by atoms with Crippen molar-refractivity contribution in [2.45, 2.75) is 31.2 Å². The molecule has 0 saturated carbocycles. The van der Waals surface area contributed by atoms with Crippen LogP contribution in [0.15, 0.2) is 29.2 Å². The molecule has 2 N–H and O–H groups in total. The molecule has 1 aromatic rings. The average molecular weight is 295 g/mol. The Balaban J connectivity index is 2.71. The molecule has 0 spiro atoms. The summed E-state index contributed by atoms with van der Waals surface area (Å²) in [4.78, 5) is 11.6. The van der Waals surface area contributed by atoms with Crippen LogP contribution in [0.2, 0.25) is 0 Å². The van der Waals surface area contributed by atoms with Gasteiger partial charge in [-0.25, -0.2) is 13.1 Å². The van der Waals surface area contributed by atoms with Gasteiger partial charge in [-0.05, 0) is 45.0 Å². The summed E-state index contributed by atoms with van der Waals surface area (Å²) < 4.78 is 26.1. The number of sulfonamides is 1. The Hall–Kier alpha value is -1.91. The van der Waals surface area contributed by atoms with Crippen LogP contribution in [0.4, 0.5) is 0 Å². The SMILES string of the molecule is CC(C)(C)NC(=O)CNS(=O)(=O)c1ccc(C#N)cc1. The third-order valence-corrected chi connectivity index (χ3v) is 3.65. The number of nitriles is 1. The van der Waals surface area contributed by atoms with E-state index in [0.29, 0.717) is 5.56 Å². The Morgan fingerprint density at radius 3 is 2.25 bits per heavy atom. The van der Waals surface area contributed by atoms with Gasteiger partial charge >= 0.3 is 0 Å². The van der Waals surface area contributed by atoms with Gasteiger partial charge < -0.3 is 5.32 Å². The number of carbonyl (C=O) groups excluding carboxylic acids is 1. The van der Waals surface area contributed by atoms with Gasteiger partial charge in [-0.3, -0.25) is 4.79 Å². The number of amides is 1. The first-order chi connectivity index (χ1) is 9.14. The quantitative estimate of drug-likeness (QED) is 0.856. The molecule has 0 heterocycles. The Morgan fingerprint density at radius 1 is 1.25 bits per heavy atom. The summed E-state index contributed by atoms with van der Waals surface area (Å²) in [6.07, 6.45) is 0. The number of carbonyl (C=O) groups is 1. The highest BCUT2D eigenvalue weighted by atomic mass is 32.2. The lowest BCUT2D eigenvalue weighted by atomic mass is 10.1. The van der Waals surface area contributed by atoms with Crippen molar-refractivity contribution in [1.29, 1.82) is 5.26 Å². The van der Waals surface area contributed by atoms with Gasteiger partial charge in [0.15, 0.2) is 0 Å². The van der Waals surface area contributed by atoms with Crippen LogP contribution in [0.1, 0.15) is 26.3 Å². The van der Waals surface area contributed by atoms with E-state index in [-0.39, 0.29) is 11.4 Å². The van der Waals surface area contributed by atoms with Crippen LogP contribution in [0, 0.1) is 11.3 Å². The van der Waals surface area contributed by atoms with Gasteiger partial charge in [0.25, 0.3) is 0 Å². The second-order valence-corrected chi connectivity index (χ2v) is 7.03. The van der Waals surface area contributed by atoms with Crippen LogP contribution in [0.3, 0.4) is 0 Å². The standard InChI is InChI=1S/C13H17N3O3S/c1-13(2,3)16-12(17)9-15-20(18,19)11-6-4-10(8-14)5-7-11/h4-7,15H,9H2,1-3H3,(H,16,17). The van der Waals surface area contributed by atoms with E-state index in [1.807, 2.05) is 6.07 Å². The minimum absolute atomic E-state index is 0.0139. The van der Waals surface area contributed by atoms with E-state index in [1.54, 1.807) is 20.8 Å². The van der Waals surface area contributed by atoms with E-state index in [0.717, 1.165) is 0 Å². The third-order valence-electron chi connectivity index (χ3n) is 2.23. The van der Waals surface area contributed by atoms with Crippen molar-refractivity contribution in [1.82, 2.24) is 10.0 Å². The summed E-state index contributed by atoms with van der Waals surface area (Å²) in [5, 5.41) is 11.3. The average Bonchev–Trinajstić information content (AvgIpc) is 2.35. The number of nitrogens with zero attached hydrogens (tertiary/aromatic N) is 1. The van der Waals surface area contributed by atoms with Gasteiger partial charge in [-0.1, -0.05) is 0 Å². The highest BCUT2D eigenvalue weighted by molar-refractivity contribution is 7.89. The molecule has 1 aromatic carbocycles. The topological polar surface area (TPSA) is 99.1 Å². The van der Waals surface area contributed by atoms with E-state index in [1.165, 1.54) is 24.3 Å². The number of hydrogen-bond acceptors (Lipinski definition) is 4. The number of hydrogen-bond donors (Lipinski definition) is 2. The van der Waals surface area contributed by atoms with Crippen LogP contribution in [0.5, 0.6) is 0 Å². The lowest BCUT2D eigenvalue weighted by Crippen LogP contribution is -2.45. The predicted octanol–water partition coefficient (Wildman–Crippen LogP) is 0.751. The molecule has 0 fully saturated rings. The lowest BCUT2D eigenvalue weighted by Gasteiger charge is -2.20. The van der Waals surface area contributed by atoms with Crippen molar-refractivity contribution >= 4 is 15.9 Å². The molecular formula is C13H17N3O3S. The first-order valence-electron chi connectivity index (χ1n) is 5.95. The molecule has 0 aromatic heterocycles. The summed E-state index contributed by atoms with van der Waals surface area (Å²) in [6.45, 7) is 5.08. The summed E-state index contributed by atoms with van der Waals surface area (Å²) in [6, 6.07) is 7.36. The molecule has 0 unspecified atom stereocenters. The van der Waals surface area contributed by atoms with Crippen molar-refractivity contribution in [2.24, 2.45) is 0 Å². The zero-order valence-electron chi connectivity index (χ0n) is 11.6. The highest BCUT2D eigenvalue weighted by Gasteiger charge is 2.18. The van der Waals surface area contributed by atoms with Gasteiger partial charge in [0.2, 0.25) is 15.9 Å². The molecule has 108 valence electrons. The van der Waals surface area contributed by atoms with E-state index >= 15 is 0 Å². The molecule has 0 bridgehead atoms. The Morgan fingerprint density at radius 2 is 1.80 bits per heavy atom. The summed E-state index contributed by atoms with van der Waals surface area (Å²) in [7, 11) is -3.76. The molecule has 0 aliphatic rings. The molecule has 0 radical (unpaired) electrons. The van der Waals surface area contributed by atoms with Gasteiger partial charge in [0.1, 0.15) is 0 Å². The lowest BCUT2D eigenvalue weighted by molar-refractivity contribution is -0.121. The maximum Gasteiger partial charge on any atom is 0.241 e. The smallest absolute Gasteiger partial charge is 0.241 e. The van der Waals surface area contributed by atoms with Crippen LogP contribution in [-0.2, 0) is 14.8 Å². The summed E-state index contributed by atoms with van der Waals surface area (Å²) >= 11 is 0. The number of benzene rings is 1. The summed E-state index contributed by atoms with van der Waals surface area (Å²) in [5.41, 5.74) is -0.0498. The fourth-order valence-electron chi connectivity index (χ4n) is 1.41. The van der Waals surface area contributed by atoms with Crippen LogP contribution >= 0.6 is 0 Å². The van der Waals surface area contributed by atoms with Gasteiger partial charge in [0.05, 0.1) is 23.1 Å². The first-order valence-corrected chi connectivity index (χ1v) is 7.43. The molecule has 20 heavy (non-hydrogen) atoms. The van der Waals surface area contributed by atoms with E-state index in [2.05, 4.69) is 10.0 Å². The van der Waals surface area contributed by atoms with E-state index < -0.39 is 21.5 Å². The van der Waals surface area contributed by atoms with Gasteiger partial charge in [-0.2, -0.15) is 5.26 Å². The Kier molecular flexibility index (Phi) is 4.87. The van der Waals surface area contributed by atoms with E-state index in [9.17, 15) is 13.2 Å². The molecule has 0 saturated heterocycles.